The van der Waals surface area contributed by atoms with Gasteiger partial charge in [0.05, 0.1) is 6.04 Å². The Hall–Kier alpha value is -1.11. The van der Waals surface area contributed by atoms with Gasteiger partial charge in [-0.25, -0.2) is 0 Å². The monoisotopic (exact) mass is 391 g/mol. The molecular formula is C15H23BrClN3O2. The minimum atomic E-state index is -0.591. The van der Waals surface area contributed by atoms with Crippen LogP contribution in [0.3, 0.4) is 0 Å². The summed E-state index contributed by atoms with van der Waals surface area (Å²) in [5.74, 6) is -0.388. The highest BCUT2D eigenvalue weighted by atomic mass is 79.9. The van der Waals surface area contributed by atoms with Crippen LogP contribution in [0.5, 0.6) is 0 Å². The van der Waals surface area contributed by atoms with Crippen LogP contribution in [0.2, 0.25) is 0 Å². The fourth-order valence-corrected chi connectivity index (χ4v) is 1.82. The summed E-state index contributed by atoms with van der Waals surface area (Å²) in [5.41, 5.74) is 6.25. The maximum absolute atomic E-state index is 11.8. The lowest BCUT2D eigenvalue weighted by molar-refractivity contribution is -0.124. The summed E-state index contributed by atoms with van der Waals surface area (Å²) in [4.78, 5) is 23.5. The number of rotatable bonds is 5. The van der Waals surface area contributed by atoms with Crippen LogP contribution in [-0.4, -0.2) is 24.4 Å². The number of anilines is 1. The number of hydrogen-bond acceptors (Lipinski definition) is 3. The Morgan fingerprint density at radius 3 is 2.27 bits per heavy atom. The van der Waals surface area contributed by atoms with Gasteiger partial charge >= 0.3 is 0 Å². The molecule has 1 aromatic rings. The van der Waals surface area contributed by atoms with Crippen LogP contribution in [0.25, 0.3) is 0 Å². The average Bonchev–Trinajstić information content (AvgIpc) is 2.39. The third kappa shape index (κ3) is 7.24. The zero-order valence-electron chi connectivity index (χ0n) is 13.0. The van der Waals surface area contributed by atoms with Gasteiger partial charge in [-0.05, 0) is 29.7 Å². The molecule has 22 heavy (non-hydrogen) atoms. The molecule has 0 bridgehead atoms. The van der Waals surface area contributed by atoms with Crippen molar-refractivity contribution in [3.63, 3.8) is 0 Å². The highest BCUT2D eigenvalue weighted by Gasteiger charge is 2.27. The number of nitrogens with two attached hydrogens (primary N) is 1. The molecule has 0 radical (unpaired) electrons. The lowest BCUT2D eigenvalue weighted by Gasteiger charge is -2.25. The third-order valence-electron chi connectivity index (χ3n) is 2.99. The maximum atomic E-state index is 11.8. The van der Waals surface area contributed by atoms with Crippen LogP contribution >= 0.6 is 28.3 Å². The van der Waals surface area contributed by atoms with E-state index in [0.717, 1.165) is 10.2 Å². The predicted molar refractivity (Wildman–Crippen MR) is 95.1 cm³/mol. The second-order valence-electron chi connectivity index (χ2n) is 5.94. The van der Waals surface area contributed by atoms with Crippen molar-refractivity contribution in [2.75, 3.05) is 11.9 Å². The van der Waals surface area contributed by atoms with E-state index in [1.165, 1.54) is 0 Å². The predicted octanol–water partition coefficient (Wildman–Crippen LogP) is 2.69. The zero-order valence-corrected chi connectivity index (χ0v) is 15.4. The molecule has 124 valence electrons. The van der Waals surface area contributed by atoms with Crippen LogP contribution in [0.4, 0.5) is 5.69 Å². The first-order valence-corrected chi connectivity index (χ1v) is 7.58. The smallest absolute Gasteiger partial charge is 0.237 e. The Morgan fingerprint density at radius 2 is 1.77 bits per heavy atom. The molecule has 1 atom stereocenters. The summed E-state index contributed by atoms with van der Waals surface area (Å²) in [5, 5.41) is 5.44. The summed E-state index contributed by atoms with van der Waals surface area (Å²) >= 11 is 3.33. The first kappa shape index (κ1) is 20.9. The van der Waals surface area contributed by atoms with E-state index in [1.54, 1.807) is 12.1 Å². The van der Waals surface area contributed by atoms with Gasteiger partial charge in [-0.3, -0.25) is 9.59 Å². The highest BCUT2D eigenvalue weighted by molar-refractivity contribution is 9.10. The van der Waals surface area contributed by atoms with Crippen molar-refractivity contribution < 1.29 is 9.59 Å². The lowest BCUT2D eigenvalue weighted by atomic mass is 9.87. The second-order valence-corrected chi connectivity index (χ2v) is 6.86. The molecule has 0 heterocycles. The molecule has 0 saturated carbocycles. The Balaban J connectivity index is 0.00000441. The number of halogens is 2. The fourth-order valence-electron chi connectivity index (χ4n) is 1.56. The fraction of sp³-hybridized carbons (Fsp3) is 0.467. The molecule has 0 spiro atoms. The van der Waals surface area contributed by atoms with Crippen molar-refractivity contribution in [3.8, 4) is 0 Å². The topological polar surface area (TPSA) is 84.2 Å². The van der Waals surface area contributed by atoms with Crippen molar-refractivity contribution in [2.45, 2.75) is 33.2 Å². The molecule has 0 aliphatic heterocycles. The van der Waals surface area contributed by atoms with E-state index in [9.17, 15) is 9.59 Å². The number of carbonyl (C=O) groups is 2. The van der Waals surface area contributed by atoms with Crippen LogP contribution in [0, 0.1) is 5.41 Å². The Morgan fingerprint density at radius 1 is 1.23 bits per heavy atom. The van der Waals surface area contributed by atoms with Crippen LogP contribution in [0.15, 0.2) is 28.7 Å². The molecule has 2 amide bonds. The van der Waals surface area contributed by atoms with E-state index in [2.05, 4.69) is 26.6 Å². The van der Waals surface area contributed by atoms with E-state index in [4.69, 9.17) is 5.73 Å². The van der Waals surface area contributed by atoms with Gasteiger partial charge < -0.3 is 16.4 Å². The minimum absolute atomic E-state index is 0. The summed E-state index contributed by atoms with van der Waals surface area (Å²) in [6, 6.07) is 6.71. The van der Waals surface area contributed by atoms with Gasteiger partial charge in [-0.1, -0.05) is 36.7 Å². The third-order valence-corrected chi connectivity index (χ3v) is 3.52. The lowest BCUT2D eigenvalue weighted by Crippen LogP contribution is -2.49. The average molecular weight is 393 g/mol. The molecule has 0 aliphatic carbocycles. The number of hydrogen-bond donors (Lipinski definition) is 3. The summed E-state index contributed by atoms with van der Waals surface area (Å²) in [7, 11) is 0. The number of nitrogens with one attached hydrogen (secondary N) is 2. The van der Waals surface area contributed by atoms with Crippen LogP contribution in [-0.2, 0) is 9.59 Å². The van der Waals surface area contributed by atoms with Gasteiger partial charge in [0.25, 0.3) is 0 Å². The van der Waals surface area contributed by atoms with E-state index in [0.29, 0.717) is 0 Å². The normalized spacial score (nSPS) is 12.0. The van der Waals surface area contributed by atoms with Crippen molar-refractivity contribution >= 4 is 45.8 Å². The van der Waals surface area contributed by atoms with Gasteiger partial charge in [-0.2, -0.15) is 0 Å². The van der Waals surface area contributed by atoms with Gasteiger partial charge in [0.1, 0.15) is 0 Å². The largest absolute Gasteiger partial charge is 0.354 e. The van der Waals surface area contributed by atoms with Crippen molar-refractivity contribution in [1.82, 2.24) is 5.32 Å². The van der Waals surface area contributed by atoms with Crippen LogP contribution < -0.4 is 16.4 Å². The molecule has 0 unspecified atom stereocenters. The number of carbonyl (C=O) groups excluding carboxylic acids is 2. The van der Waals surface area contributed by atoms with Crippen molar-refractivity contribution in [1.29, 1.82) is 0 Å². The van der Waals surface area contributed by atoms with Gasteiger partial charge in [0, 0.05) is 23.1 Å². The standard InChI is InChI=1S/C15H22BrN3O2.ClH/c1-15(2,3)13(17)14(21)18-9-8-12(20)19-11-6-4-10(16)5-7-11;/h4-7,13H,8-9,17H2,1-3H3,(H,18,21)(H,19,20);1H/t13-;/m1./s1. The maximum Gasteiger partial charge on any atom is 0.237 e. The summed E-state index contributed by atoms with van der Waals surface area (Å²) in [6.07, 6.45) is 0.207. The van der Waals surface area contributed by atoms with E-state index in [1.807, 2.05) is 32.9 Å². The molecule has 1 aromatic carbocycles. The molecule has 7 heteroatoms. The molecule has 0 aliphatic rings. The van der Waals surface area contributed by atoms with Gasteiger partial charge in [0.15, 0.2) is 0 Å². The zero-order chi connectivity index (χ0) is 16.0. The number of amides is 2. The second kappa shape index (κ2) is 9.12. The molecule has 4 N–H and O–H groups in total. The summed E-state index contributed by atoms with van der Waals surface area (Å²) in [6.45, 7) is 5.97. The van der Waals surface area contributed by atoms with Crippen molar-refractivity contribution in [2.24, 2.45) is 11.1 Å². The van der Waals surface area contributed by atoms with Gasteiger partial charge in [-0.15, -0.1) is 12.4 Å². The van der Waals surface area contributed by atoms with E-state index >= 15 is 0 Å². The molecule has 5 nitrogen and oxygen atoms in total. The molecule has 0 fully saturated rings. The van der Waals surface area contributed by atoms with Crippen molar-refractivity contribution in [3.05, 3.63) is 28.7 Å². The van der Waals surface area contributed by atoms with E-state index in [-0.39, 0.29) is 42.6 Å². The molecule has 0 aromatic heterocycles. The summed E-state index contributed by atoms with van der Waals surface area (Å²) < 4.78 is 0.948. The van der Waals surface area contributed by atoms with Crippen LogP contribution in [0.1, 0.15) is 27.2 Å². The SMILES string of the molecule is CC(C)(C)[C@H](N)C(=O)NCCC(=O)Nc1ccc(Br)cc1.Cl. The Kier molecular flexibility index (Phi) is 8.66. The molecular weight excluding hydrogens is 370 g/mol. The first-order valence-electron chi connectivity index (χ1n) is 6.79. The molecule has 1 rings (SSSR count). The Labute approximate surface area is 145 Å². The highest BCUT2D eigenvalue weighted by Crippen LogP contribution is 2.17. The number of benzene rings is 1. The Bertz CT molecular complexity index is 501. The first-order chi connectivity index (χ1) is 9.70. The quantitative estimate of drug-likeness (QED) is 0.720. The molecule has 0 saturated heterocycles. The van der Waals surface area contributed by atoms with Gasteiger partial charge in [0.2, 0.25) is 11.8 Å². The minimum Gasteiger partial charge on any atom is -0.354 e. The van der Waals surface area contributed by atoms with E-state index < -0.39 is 6.04 Å².